The van der Waals surface area contributed by atoms with E-state index >= 15 is 0 Å². The normalized spacial score (nSPS) is 21.8. The van der Waals surface area contributed by atoms with Crippen molar-refractivity contribution in [3.63, 3.8) is 0 Å². The van der Waals surface area contributed by atoms with Gasteiger partial charge in [0.15, 0.2) is 6.29 Å². The summed E-state index contributed by atoms with van der Waals surface area (Å²) in [5.74, 6) is 0.237. The van der Waals surface area contributed by atoms with Crippen LogP contribution in [0.25, 0.3) is 0 Å². The van der Waals surface area contributed by atoms with Gasteiger partial charge in [0.05, 0.1) is 39.6 Å². The molecule has 3 rings (SSSR count). The van der Waals surface area contributed by atoms with Crippen molar-refractivity contribution in [3.05, 3.63) is 35.9 Å². The summed E-state index contributed by atoms with van der Waals surface area (Å²) in [4.78, 5) is 0. The largest absolute Gasteiger partial charge is 0.380 e. The summed E-state index contributed by atoms with van der Waals surface area (Å²) in [7, 11) is 0. The van der Waals surface area contributed by atoms with Crippen molar-refractivity contribution in [2.45, 2.75) is 52.2 Å². The maximum atomic E-state index is 6.41. The van der Waals surface area contributed by atoms with Crippen LogP contribution in [0.2, 0.25) is 0 Å². The second-order valence-electron chi connectivity index (χ2n) is 8.11. The molecule has 1 unspecified atom stereocenters. The first kappa shape index (κ1) is 19.8. The molecule has 2 heterocycles. The van der Waals surface area contributed by atoms with Gasteiger partial charge in [-0.05, 0) is 24.8 Å². The summed E-state index contributed by atoms with van der Waals surface area (Å²) in [5.41, 5.74) is 1.61. The van der Waals surface area contributed by atoms with Gasteiger partial charge in [-0.2, -0.15) is 0 Å². The molecule has 26 heavy (non-hydrogen) atoms. The van der Waals surface area contributed by atoms with Gasteiger partial charge >= 0.3 is 0 Å². The molecule has 1 aromatic carbocycles. The van der Waals surface area contributed by atoms with Gasteiger partial charge in [0.1, 0.15) is 0 Å². The van der Waals surface area contributed by atoms with Crippen molar-refractivity contribution < 1.29 is 18.9 Å². The van der Waals surface area contributed by atoms with Crippen molar-refractivity contribution in [3.8, 4) is 0 Å². The summed E-state index contributed by atoms with van der Waals surface area (Å²) < 4.78 is 23.7. The lowest BCUT2D eigenvalue weighted by molar-refractivity contribution is -0.241. The fraction of sp³-hybridized carbons (Fsp3) is 0.727. The van der Waals surface area contributed by atoms with E-state index in [9.17, 15) is 0 Å². The lowest BCUT2D eigenvalue weighted by atomic mass is 9.84. The third kappa shape index (κ3) is 4.30. The van der Waals surface area contributed by atoms with Crippen LogP contribution < -0.4 is 0 Å². The Bertz CT molecular complexity index is 499. The highest BCUT2D eigenvalue weighted by Gasteiger charge is 2.41. The maximum absolute atomic E-state index is 6.41. The molecule has 0 spiro atoms. The first-order valence-corrected chi connectivity index (χ1v) is 10.1. The number of hydrogen-bond donors (Lipinski definition) is 0. The topological polar surface area (TPSA) is 36.9 Å². The Hall–Kier alpha value is -0.940. The Balaban J connectivity index is 1.69. The molecule has 1 atom stereocenters. The monoisotopic (exact) mass is 362 g/mol. The third-order valence-electron chi connectivity index (χ3n) is 6.24. The minimum absolute atomic E-state index is 0.165. The van der Waals surface area contributed by atoms with Crippen molar-refractivity contribution in [2.24, 2.45) is 10.8 Å². The predicted molar refractivity (Wildman–Crippen MR) is 102 cm³/mol. The molecule has 2 saturated heterocycles. The fourth-order valence-corrected chi connectivity index (χ4v) is 3.64. The van der Waals surface area contributed by atoms with Gasteiger partial charge in [0.2, 0.25) is 0 Å². The zero-order chi connectivity index (χ0) is 18.5. The van der Waals surface area contributed by atoms with Crippen LogP contribution in [0, 0.1) is 10.8 Å². The highest BCUT2D eigenvalue weighted by atomic mass is 16.7. The Morgan fingerprint density at radius 2 is 1.35 bits per heavy atom. The lowest BCUT2D eigenvalue weighted by Gasteiger charge is -2.44. The molecule has 4 nitrogen and oxygen atoms in total. The molecular weight excluding hydrogens is 328 g/mol. The molecule has 0 aromatic heterocycles. The molecule has 2 fully saturated rings. The van der Waals surface area contributed by atoms with E-state index in [-0.39, 0.29) is 23.0 Å². The molecule has 0 radical (unpaired) electrons. The highest BCUT2D eigenvalue weighted by molar-refractivity contribution is 5.20. The van der Waals surface area contributed by atoms with Gasteiger partial charge in [-0.3, -0.25) is 0 Å². The van der Waals surface area contributed by atoms with E-state index in [1.807, 2.05) is 0 Å². The van der Waals surface area contributed by atoms with E-state index in [0.29, 0.717) is 13.2 Å². The number of ether oxygens (including phenoxy) is 4. The second-order valence-corrected chi connectivity index (χ2v) is 8.11. The molecule has 0 N–H and O–H groups in total. The zero-order valence-electron chi connectivity index (χ0n) is 16.5. The van der Waals surface area contributed by atoms with Crippen molar-refractivity contribution in [2.75, 3.05) is 39.6 Å². The first-order valence-electron chi connectivity index (χ1n) is 10.1. The van der Waals surface area contributed by atoms with Crippen LogP contribution in [-0.4, -0.2) is 45.9 Å². The number of hydrogen-bond acceptors (Lipinski definition) is 4. The first-order chi connectivity index (χ1) is 12.7. The highest BCUT2D eigenvalue weighted by Crippen LogP contribution is 2.36. The molecule has 0 saturated carbocycles. The van der Waals surface area contributed by atoms with Crippen LogP contribution in [0.1, 0.15) is 51.5 Å². The van der Waals surface area contributed by atoms with Gasteiger partial charge in [-0.1, -0.05) is 51.1 Å². The molecule has 0 aliphatic carbocycles. The molecular formula is C22H34O4. The molecule has 0 bridgehead atoms. The maximum Gasteiger partial charge on any atom is 0.164 e. The molecule has 0 amide bonds. The minimum Gasteiger partial charge on any atom is -0.380 e. The van der Waals surface area contributed by atoms with Crippen molar-refractivity contribution in [1.29, 1.82) is 0 Å². The molecule has 146 valence electrons. The third-order valence-corrected chi connectivity index (χ3v) is 6.24. The number of benzene rings is 1. The molecule has 1 aromatic rings. The Labute approximate surface area is 158 Å². The van der Waals surface area contributed by atoms with E-state index in [4.69, 9.17) is 18.9 Å². The fourth-order valence-electron chi connectivity index (χ4n) is 3.64. The van der Waals surface area contributed by atoms with Gasteiger partial charge < -0.3 is 18.9 Å². The standard InChI is InChI=1S/C22H34O4/c1-4-19(18-10-8-7-9-11-18)20(25-16-21(5-2)12-23-13-21)26-17-22(6-3)14-24-15-22/h7-11,19-20H,4-6,12-17H2,1-3H3. The van der Waals surface area contributed by atoms with Crippen LogP contribution in [0.5, 0.6) is 0 Å². The van der Waals surface area contributed by atoms with Crippen molar-refractivity contribution in [1.82, 2.24) is 0 Å². The van der Waals surface area contributed by atoms with Gasteiger partial charge in [-0.15, -0.1) is 0 Å². The van der Waals surface area contributed by atoms with E-state index in [0.717, 1.165) is 45.7 Å². The second kappa shape index (κ2) is 8.83. The van der Waals surface area contributed by atoms with E-state index in [1.165, 1.54) is 5.56 Å². The Morgan fingerprint density at radius 3 is 1.69 bits per heavy atom. The summed E-state index contributed by atoms with van der Waals surface area (Å²) in [6.45, 7) is 11.2. The van der Waals surface area contributed by atoms with Gasteiger partial charge in [0.25, 0.3) is 0 Å². The molecule has 2 aliphatic rings. The average molecular weight is 363 g/mol. The van der Waals surface area contributed by atoms with Crippen molar-refractivity contribution >= 4 is 0 Å². The average Bonchev–Trinajstić information content (AvgIpc) is 2.61. The quantitative estimate of drug-likeness (QED) is 0.547. The zero-order valence-corrected chi connectivity index (χ0v) is 16.5. The SMILES string of the molecule is CCC(c1ccccc1)C(OCC1(CC)COC1)OCC1(CC)COC1. The molecule has 2 aliphatic heterocycles. The van der Waals surface area contributed by atoms with E-state index in [1.54, 1.807) is 0 Å². The lowest BCUT2D eigenvalue weighted by Crippen LogP contribution is -2.49. The van der Waals surface area contributed by atoms with Crippen LogP contribution in [0.3, 0.4) is 0 Å². The van der Waals surface area contributed by atoms with Crippen LogP contribution in [0.4, 0.5) is 0 Å². The Morgan fingerprint density at radius 1 is 0.846 bits per heavy atom. The summed E-state index contributed by atoms with van der Waals surface area (Å²) in [5, 5.41) is 0. The molecule has 4 heteroatoms. The van der Waals surface area contributed by atoms with Crippen LogP contribution >= 0.6 is 0 Å². The summed E-state index contributed by atoms with van der Waals surface area (Å²) in [6, 6.07) is 10.6. The minimum atomic E-state index is -0.226. The van der Waals surface area contributed by atoms with Gasteiger partial charge in [-0.25, -0.2) is 0 Å². The van der Waals surface area contributed by atoms with Gasteiger partial charge in [0, 0.05) is 16.7 Å². The van der Waals surface area contributed by atoms with E-state index in [2.05, 4.69) is 51.1 Å². The van der Waals surface area contributed by atoms with Crippen LogP contribution in [0.15, 0.2) is 30.3 Å². The summed E-state index contributed by atoms with van der Waals surface area (Å²) in [6.07, 6.45) is 2.92. The summed E-state index contributed by atoms with van der Waals surface area (Å²) >= 11 is 0. The smallest absolute Gasteiger partial charge is 0.164 e. The number of rotatable bonds is 11. The Kier molecular flexibility index (Phi) is 6.73. The van der Waals surface area contributed by atoms with Crippen LogP contribution in [-0.2, 0) is 18.9 Å². The predicted octanol–water partition coefficient (Wildman–Crippen LogP) is 4.39. The van der Waals surface area contributed by atoms with E-state index < -0.39 is 0 Å².